The van der Waals surface area contributed by atoms with Crippen LogP contribution in [-0.2, 0) is 13.0 Å². The predicted octanol–water partition coefficient (Wildman–Crippen LogP) is 6.10. The molecule has 0 heterocycles. The van der Waals surface area contributed by atoms with Gasteiger partial charge in [-0.25, -0.2) is 0 Å². The minimum Gasteiger partial charge on any atom is -0.496 e. The monoisotopic (exact) mass is 398 g/mol. The minimum atomic E-state index is 0.126. The van der Waals surface area contributed by atoms with Crippen molar-refractivity contribution in [3.05, 3.63) is 99.6 Å². The fourth-order valence-electron chi connectivity index (χ4n) is 3.89. The summed E-state index contributed by atoms with van der Waals surface area (Å²) in [5.74, 6) is 1.78. The third-order valence-electron chi connectivity index (χ3n) is 5.80. The number of aryl methyl sites for hydroxylation is 2. The molecule has 1 aliphatic carbocycles. The van der Waals surface area contributed by atoms with Crippen LogP contribution in [0.1, 0.15) is 44.6 Å². The first-order valence-electron chi connectivity index (χ1n) is 10.3. The molecule has 0 aliphatic heterocycles. The Morgan fingerprint density at radius 1 is 0.933 bits per heavy atom. The molecule has 0 fully saturated rings. The number of rotatable bonds is 5. The number of Topliss-reactive ketones (excluding diaryl/α,β-unsaturated/α-hetero) is 1. The molecule has 0 saturated carbocycles. The molecule has 0 amide bonds. The van der Waals surface area contributed by atoms with E-state index in [-0.39, 0.29) is 5.78 Å². The van der Waals surface area contributed by atoms with E-state index in [1.54, 1.807) is 7.11 Å². The van der Waals surface area contributed by atoms with Gasteiger partial charge in [0.2, 0.25) is 0 Å². The van der Waals surface area contributed by atoms with Crippen molar-refractivity contribution in [2.45, 2.75) is 33.3 Å². The first kappa shape index (κ1) is 20.0. The first-order chi connectivity index (χ1) is 14.6. The van der Waals surface area contributed by atoms with E-state index < -0.39 is 0 Å². The highest BCUT2D eigenvalue weighted by molar-refractivity contribution is 6.13. The number of hydrogen-bond acceptors (Lipinski definition) is 3. The van der Waals surface area contributed by atoms with Crippen LogP contribution in [0.4, 0.5) is 0 Å². The summed E-state index contributed by atoms with van der Waals surface area (Å²) in [5.41, 5.74) is 7.09. The zero-order chi connectivity index (χ0) is 21.1. The maximum Gasteiger partial charge on any atom is 0.189 e. The van der Waals surface area contributed by atoms with Crippen LogP contribution < -0.4 is 9.47 Å². The Morgan fingerprint density at radius 2 is 1.77 bits per heavy atom. The molecule has 0 atom stereocenters. The maximum atomic E-state index is 12.9. The maximum absolute atomic E-state index is 12.9. The molecule has 0 N–H and O–H groups in total. The van der Waals surface area contributed by atoms with E-state index in [0.717, 1.165) is 57.7 Å². The molecule has 30 heavy (non-hydrogen) atoms. The van der Waals surface area contributed by atoms with E-state index in [0.29, 0.717) is 6.61 Å². The quantitative estimate of drug-likeness (QED) is 0.487. The zero-order valence-electron chi connectivity index (χ0n) is 17.7. The van der Waals surface area contributed by atoms with Crippen molar-refractivity contribution in [1.82, 2.24) is 0 Å². The van der Waals surface area contributed by atoms with E-state index >= 15 is 0 Å². The van der Waals surface area contributed by atoms with E-state index in [1.165, 1.54) is 5.56 Å². The van der Waals surface area contributed by atoms with Crippen LogP contribution in [0.25, 0.3) is 6.08 Å². The summed E-state index contributed by atoms with van der Waals surface area (Å²) in [7, 11) is 1.66. The van der Waals surface area contributed by atoms with E-state index in [2.05, 4.69) is 19.9 Å². The minimum absolute atomic E-state index is 0.126. The number of ketones is 1. The van der Waals surface area contributed by atoms with Gasteiger partial charge in [0, 0.05) is 16.7 Å². The highest BCUT2D eigenvalue weighted by Gasteiger charge is 2.21. The highest BCUT2D eigenvalue weighted by Crippen LogP contribution is 2.29. The van der Waals surface area contributed by atoms with Gasteiger partial charge in [-0.05, 0) is 73.2 Å². The summed E-state index contributed by atoms with van der Waals surface area (Å²) in [6.07, 6.45) is 3.65. The molecule has 0 spiro atoms. The van der Waals surface area contributed by atoms with Gasteiger partial charge in [-0.3, -0.25) is 4.79 Å². The van der Waals surface area contributed by atoms with Crippen molar-refractivity contribution >= 4 is 11.9 Å². The largest absolute Gasteiger partial charge is 0.496 e. The number of allylic oxidation sites excluding steroid dienone is 1. The Hall–Kier alpha value is -3.33. The van der Waals surface area contributed by atoms with E-state index in [4.69, 9.17) is 9.47 Å². The number of carbonyl (C=O) groups is 1. The van der Waals surface area contributed by atoms with Crippen molar-refractivity contribution in [3.63, 3.8) is 0 Å². The average Bonchev–Trinajstić information content (AvgIpc) is 2.77. The van der Waals surface area contributed by atoms with Gasteiger partial charge < -0.3 is 9.47 Å². The lowest BCUT2D eigenvalue weighted by Crippen LogP contribution is -2.13. The molecule has 0 radical (unpaired) electrons. The zero-order valence-corrected chi connectivity index (χ0v) is 17.7. The molecule has 3 nitrogen and oxygen atoms in total. The number of ether oxygens (including phenoxy) is 2. The lowest BCUT2D eigenvalue weighted by molar-refractivity contribution is 0.102. The Bertz CT molecular complexity index is 1120. The number of hydrogen-bond donors (Lipinski definition) is 0. The fraction of sp³-hybridized carbons (Fsp3) is 0.222. The van der Waals surface area contributed by atoms with Crippen LogP contribution in [0, 0.1) is 13.8 Å². The summed E-state index contributed by atoms with van der Waals surface area (Å²) < 4.78 is 11.6. The van der Waals surface area contributed by atoms with Gasteiger partial charge in [0.25, 0.3) is 0 Å². The van der Waals surface area contributed by atoms with Crippen LogP contribution in [0.15, 0.2) is 66.2 Å². The molecule has 3 aromatic rings. The van der Waals surface area contributed by atoms with Gasteiger partial charge in [0.1, 0.15) is 18.1 Å². The standard InChI is InChI=1S/C27H26O3/c1-18-7-6-10-25(19(18)2)30-17-23-16-20(11-14-26(23)29-3)15-22-13-12-21-8-4-5-9-24(21)27(22)28/h4-11,14-16H,12-13,17H2,1-3H3. The van der Waals surface area contributed by atoms with Crippen molar-refractivity contribution in [3.8, 4) is 11.5 Å². The molecule has 0 aromatic heterocycles. The van der Waals surface area contributed by atoms with Crippen molar-refractivity contribution in [1.29, 1.82) is 0 Å². The second-order valence-electron chi connectivity index (χ2n) is 7.71. The van der Waals surface area contributed by atoms with Crippen LogP contribution >= 0.6 is 0 Å². The van der Waals surface area contributed by atoms with Crippen LogP contribution in [0.2, 0.25) is 0 Å². The number of fused-ring (bicyclic) bond motifs is 1. The van der Waals surface area contributed by atoms with Crippen molar-refractivity contribution < 1.29 is 14.3 Å². The molecule has 3 heteroatoms. The van der Waals surface area contributed by atoms with Gasteiger partial charge >= 0.3 is 0 Å². The molecule has 4 rings (SSSR count). The van der Waals surface area contributed by atoms with Gasteiger partial charge in [-0.1, -0.05) is 42.5 Å². The fourth-order valence-corrected chi connectivity index (χ4v) is 3.89. The van der Waals surface area contributed by atoms with Crippen molar-refractivity contribution in [2.75, 3.05) is 7.11 Å². The lowest BCUT2D eigenvalue weighted by Gasteiger charge is -2.17. The second kappa shape index (κ2) is 8.58. The Kier molecular flexibility index (Phi) is 5.71. The predicted molar refractivity (Wildman–Crippen MR) is 120 cm³/mol. The topological polar surface area (TPSA) is 35.5 Å². The molecule has 0 unspecified atom stereocenters. The lowest BCUT2D eigenvalue weighted by atomic mass is 9.86. The van der Waals surface area contributed by atoms with Crippen LogP contribution in [-0.4, -0.2) is 12.9 Å². The first-order valence-corrected chi connectivity index (χ1v) is 10.3. The molecular weight excluding hydrogens is 372 g/mol. The van der Waals surface area contributed by atoms with E-state index in [9.17, 15) is 4.79 Å². The van der Waals surface area contributed by atoms with Crippen molar-refractivity contribution in [2.24, 2.45) is 0 Å². The molecule has 1 aliphatic rings. The Labute approximate surface area is 178 Å². The number of carbonyl (C=O) groups excluding carboxylic acids is 1. The molecule has 152 valence electrons. The molecule has 0 saturated heterocycles. The van der Waals surface area contributed by atoms with E-state index in [1.807, 2.05) is 60.7 Å². The second-order valence-corrected chi connectivity index (χ2v) is 7.71. The third-order valence-corrected chi connectivity index (χ3v) is 5.80. The molecule has 3 aromatic carbocycles. The Morgan fingerprint density at radius 3 is 2.60 bits per heavy atom. The van der Waals surface area contributed by atoms with Gasteiger partial charge in [0.15, 0.2) is 5.78 Å². The average molecular weight is 399 g/mol. The highest BCUT2D eigenvalue weighted by atomic mass is 16.5. The number of methoxy groups -OCH3 is 1. The molecule has 0 bridgehead atoms. The number of benzene rings is 3. The summed E-state index contributed by atoms with van der Waals surface area (Å²) in [5, 5.41) is 0. The van der Waals surface area contributed by atoms with Gasteiger partial charge in [-0.15, -0.1) is 0 Å². The smallest absolute Gasteiger partial charge is 0.189 e. The van der Waals surface area contributed by atoms with Crippen LogP contribution in [0.3, 0.4) is 0 Å². The summed E-state index contributed by atoms with van der Waals surface area (Å²) >= 11 is 0. The Balaban J connectivity index is 1.59. The summed E-state index contributed by atoms with van der Waals surface area (Å²) in [6.45, 7) is 4.55. The van der Waals surface area contributed by atoms with Crippen LogP contribution in [0.5, 0.6) is 11.5 Å². The normalized spacial score (nSPS) is 14.5. The van der Waals surface area contributed by atoms with Gasteiger partial charge in [0.05, 0.1) is 7.11 Å². The SMILES string of the molecule is COc1ccc(C=C2CCc3ccccc3C2=O)cc1COc1cccc(C)c1C. The third kappa shape index (κ3) is 4.02. The summed E-state index contributed by atoms with van der Waals surface area (Å²) in [6, 6.07) is 19.9. The summed E-state index contributed by atoms with van der Waals surface area (Å²) in [4.78, 5) is 12.9. The van der Waals surface area contributed by atoms with Gasteiger partial charge in [-0.2, -0.15) is 0 Å². The molecular formula is C27H26O3.